The molecule has 1 aliphatic rings. The van der Waals surface area contributed by atoms with Gasteiger partial charge in [0.15, 0.2) is 0 Å². The van der Waals surface area contributed by atoms with E-state index in [0.29, 0.717) is 0 Å². The Hall–Kier alpha value is -0.970. The van der Waals surface area contributed by atoms with Crippen LogP contribution in [0, 0.1) is 12.8 Å². The Morgan fingerprint density at radius 2 is 1.76 bits per heavy atom. The summed E-state index contributed by atoms with van der Waals surface area (Å²) in [6.07, 6.45) is 2.62. The fourth-order valence-corrected chi connectivity index (χ4v) is 3.66. The van der Waals surface area contributed by atoms with Gasteiger partial charge >= 0.3 is 0 Å². The largest absolute Gasteiger partial charge is 0.373 e. The molecule has 0 aliphatic carbocycles. The van der Waals surface area contributed by atoms with Gasteiger partial charge < -0.3 is 10.6 Å². The molecule has 4 nitrogen and oxygen atoms in total. The van der Waals surface area contributed by atoms with Gasteiger partial charge in [-0.2, -0.15) is 11.8 Å². The Labute approximate surface area is 132 Å². The predicted molar refractivity (Wildman–Crippen MR) is 93.6 cm³/mol. The lowest BCUT2D eigenvalue weighted by Crippen LogP contribution is -2.23. The van der Waals surface area contributed by atoms with Crippen LogP contribution in [0.3, 0.4) is 0 Å². The highest BCUT2D eigenvalue weighted by atomic mass is 32.2. The van der Waals surface area contributed by atoms with Gasteiger partial charge in [0.05, 0.1) is 0 Å². The molecule has 0 amide bonds. The fraction of sp³-hybridized carbons (Fsp3) is 0.750. The fourth-order valence-electron chi connectivity index (χ4n) is 2.46. The lowest BCUT2D eigenvalue weighted by atomic mass is 9.95. The topological polar surface area (TPSA) is 49.8 Å². The Balaban J connectivity index is 2.16. The van der Waals surface area contributed by atoms with Crippen molar-refractivity contribution in [3.63, 3.8) is 0 Å². The smallest absolute Gasteiger partial charge is 0.138 e. The van der Waals surface area contributed by atoms with Crippen molar-refractivity contribution >= 4 is 23.4 Å². The van der Waals surface area contributed by atoms with E-state index in [1.165, 1.54) is 24.3 Å². The number of thioether (sulfide) groups is 1. The van der Waals surface area contributed by atoms with Crippen LogP contribution in [0.15, 0.2) is 0 Å². The van der Waals surface area contributed by atoms with Gasteiger partial charge in [0.2, 0.25) is 0 Å². The van der Waals surface area contributed by atoms with E-state index in [-0.39, 0.29) is 5.41 Å². The van der Waals surface area contributed by atoms with Gasteiger partial charge in [-0.15, -0.1) is 0 Å². The van der Waals surface area contributed by atoms with Gasteiger partial charge in [-0.1, -0.05) is 20.8 Å². The molecular weight excluding hydrogens is 280 g/mol. The van der Waals surface area contributed by atoms with Crippen LogP contribution in [0.5, 0.6) is 0 Å². The van der Waals surface area contributed by atoms with Gasteiger partial charge in [-0.05, 0) is 37.2 Å². The Kier molecular flexibility index (Phi) is 5.36. The molecule has 2 rings (SSSR count). The molecule has 0 saturated carbocycles. The maximum atomic E-state index is 4.77. The lowest BCUT2D eigenvalue weighted by Gasteiger charge is -2.24. The van der Waals surface area contributed by atoms with Crippen molar-refractivity contribution in [2.75, 3.05) is 35.7 Å². The summed E-state index contributed by atoms with van der Waals surface area (Å²) in [6.45, 7) is 9.56. The van der Waals surface area contributed by atoms with Gasteiger partial charge in [-0.25, -0.2) is 9.97 Å². The molecule has 1 aromatic heterocycles. The van der Waals surface area contributed by atoms with Crippen molar-refractivity contribution < 1.29 is 0 Å². The normalized spacial score (nSPS) is 16.8. The Bertz CT molecular complexity index is 476. The maximum Gasteiger partial charge on any atom is 0.138 e. The molecule has 2 heterocycles. The van der Waals surface area contributed by atoms with E-state index in [1.54, 1.807) is 0 Å². The SMILES string of the molecule is CNc1nc(C(C)(C)C)nc(NCC2CCSCC2)c1C. The molecule has 0 unspecified atom stereocenters. The molecule has 0 aromatic carbocycles. The van der Waals surface area contributed by atoms with Crippen LogP contribution < -0.4 is 10.6 Å². The number of aromatic nitrogens is 2. The molecule has 0 spiro atoms. The molecule has 118 valence electrons. The molecule has 5 heteroatoms. The summed E-state index contributed by atoms with van der Waals surface area (Å²) in [5, 5.41) is 6.76. The first-order chi connectivity index (χ1) is 9.91. The quantitative estimate of drug-likeness (QED) is 0.888. The zero-order valence-electron chi connectivity index (χ0n) is 13.9. The first kappa shape index (κ1) is 16.4. The molecule has 0 radical (unpaired) electrons. The minimum absolute atomic E-state index is 0.0444. The second-order valence-electron chi connectivity index (χ2n) is 6.81. The Morgan fingerprint density at radius 1 is 1.14 bits per heavy atom. The highest BCUT2D eigenvalue weighted by Gasteiger charge is 2.21. The van der Waals surface area contributed by atoms with Crippen LogP contribution in [-0.2, 0) is 5.41 Å². The monoisotopic (exact) mass is 308 g/mol. The number of rotatable bonds is 4. The average molecular weight is 308 g/mol. The molecule has 1 aliphatic heterocycles. The second-order valence-corrected chi connectivity index (χ2v) is 8.03. The van der Waals surface area contributed by atoms with Crippen LogP contribution in [-0.4, -0.2) is 35.1 Å². The number of hydrogen-bond acceptors (Lipinski definition) is 5. The van der Waals surface area contributed by atoms with Gasteiger partial charge in [0.25, 0.3) is 0 Å². The highest BCUT2D eigenvalue weighted by Crippen LogP contribution is 2.27. The maximum absolute atomic E-state index is 4.77. The van der Waals surface area contributed by atoms with Crippen molar-refractivity contribution in [2.45, 2.75) is 46.0 Å². The minimum Gasteiger partial charge on any atom is -0.373 e. The second kappa shape index (κ2) is 6.86. The molecule has 21 heavy (non-hydrogen) atoms. The van der Waals surface area contributed by atoms with E-state index in [2.05, 4.69) is 55.1 Å². The van der Waals surface area contributed by atoms with Crippen molar-refractivity contribution in [2.24, 2.45) is 5.92 Å². The van der Waals surface area contributed by atoms with E-state index in [9.17, 15) is 0 Å². The zero-order valence-corrected chi connectivity index (χ0v) is 14.7. The minimum atomic E-state index is -0.0444. The van der Waals surface area contributed by atoms with E-state index in [1.807, 2.05) is 7.05 Å². The van der Waals surface area contributed by atoms with Crippen molar-refractivity contribution in [1.82, 2.24) is 9.97 Å². The van der Waals surface area contributed by atoms with Crippen LogP contribution in [0.4, 0.5) is 11.6 Å². The van der Waals surface area contributed by atoms with E-state index < -0.39 is 0 Å². The number of hydrogen-bond donors (Lipinski definition) is 2. The summed E-state index contributed by atoms with van der Waals surface area (Å²) in [6, 6.07) is 0. The molecule has 0 bridgehead atoms. The molecule has 1 fully saturated rings. The average Bonchev–Trinajstić information content (AvgIpc) is 2.46. The standard InChI is InChI=1S/C16H28N4S/c1-11-13(17-5)19-15(16(2,3)4)20-14(11)18-10-12-6-8-21-9-7-12/h12H,6-10H2,1-5H3,(H2,17,18,19,20). The first-order valence-electron chi connectivity index (χ1n) is 7.80. The summed E-state index contributed by atoms with van der Waals surface area (Å²) >= 11 is 2.07. The van der Waals surface area contributed by atoms with Crippen molar-refractivity contribution in [3.05, 3.63) is 11.4 Å². The third-order valence-corrected chi connectivity index (χ3v) is 5.00. The third-order valence-electron chi connectivity index (χ3n) is 3.95. The molecular formula is C16H28N4S. The summed E-state index contributed by atoms with van der Waals surface area (Å²) in [5.74, 6) is 6.17. The van der Waals surface area contributed by atoms with Crippen LogP contribution in [0.2, 0.25) is 0 Å². The summed E-state index contributed by atoms with van der Waals surface area (Å²) in [7, 11) is 1.92. The molecule has 1 aromatic rings. The van der Waals surface area contributed by atoms with Crippen molar-refractivity contribution in [3.8, 4) is 0 Å². The predicted octanol–water partition coefficient (Wildman–Crippen LogP) is 3.68. The summed E-state index contributed by atoms with van der Waals surface area (Å²) < 4.78 is 0. The van der Waals surface area contributed by atoms with E-state index >= 15 is 0 Å². The lowest BCUT2D eigenvalue weighted by molar-refractivity contribution is 0.513. The highest BCUT2D eigenvalue weighted by molar-refractivity contribution is 7.99. The van der Waals surface area contributed by atoms with Gasteiger partial charge in [-0.3, -0.25) is 0 Å². The number of nitrogens with zero attached hydrogens (tertiary/aromatic N) is 2. The zero-order chi connectivity index (χ0) is 15.5. The van der Waals surface area contributed by atoms with Gasteiger partial charge in [0.1, 0.15) is 17.5 Å². The summed E-state index contributed by atoms with van der Waals surface area (Å²) in [5.41, 5.74) is 1.06. The summed E-state index contributed by atoms with van der Waals surface area (Å²) in [4.78, 5) is 9.42. The molecule has 1 saturated heterocycles. The molecule has 0 atom stereocenters. The molecule has 2 N–H and O–H groups in total. The van der Waals surface area contributed by atoms with Crippen molar-refractivity contribution in [1.29, 1.82) is 0 Å². The van der Waals surface area contributed by atoms with Crippen LogP contribution in [0.1, 0.15) is 45.0 Å². The van der Waals surface area contributed by atoms with E-state index in [4.69, 9.17) is 4.98 Å². The van der Waals surface area contributed by atoms with Crippen LogP contribution in [0.25, 0.3) is 0 Å². The third kappa shape index (κ3) is 4.25. The Morgan fingerprint density at radius 3 is 2.33 bits per heavy atom. The number of anilines is 2. The van der Waals surface area contributed by atoms with E-state index in [0.717, 1.165) is 35.5 Å². The van der Waals surface area contributed by atoms with Crippen LogP contribution >= 0.6 is 11.8 Å². The number of nitrogens with one attached hydrogen (secondary N) is 2. The van der Waals surface area contributed by atoms with Gasteiger partial charge in [0, 0.05) is 24.6 Å². The first-order valence-corrected chi connectivity index (χ1v) is 8.95.